The SMILES string of the molecule is O=C(Nc1ccc2[nH]ccc2c1)C(=O)NC1CCC(O)CC1. The Bertz CT molecular complexity index is 687. The van der Waals surface area contributed by atoms with Gasteiger partial charge in [-0.2, -0.15) is 0 Å². The van der Waals surface area contributed by atoms with Crippen LogP contribution in [0.15, 0.2) is 30.5 Å². The number of H-pyrrole nitrogens is 1. The Morgan fingerprint density at radius 2 is 1.86 bits per heavy atom. The van der Waals surface area contributed by atoms with Gasteiger partial charge in [-0.3, -0.25) is 9.59 Å². The topological polar surface area (TPSA) is 94.2 Å². The van der Waals surface area contributed by atoms with Gasteiger partial charge in [0.05, 0.1) is 6.10 Å². The van der Waals surface area contributed by atoms with E-state index in [0.29, 0.717) is 31.4 Å². The van der Waals surface area contributed by atoms with Crippen LogP contribution in [0, 0.1) is 0 Å². The highest BCUT2D eigenvalue weighted by molar-refractivity contribution is 6.39. The molecule has 1 heterocycles. The second-order valence-electron chi connectivity index (χ2n) is 5.71. The number of amides is 2. The van der Waals surface area contributed by atoms with E-state index in [1.54, 1.807) is 6.07 Å². The summed E-state index contributed by atoms with van der Waals surface area (Å²) in [5.41, 5.74) is 1.56. The number of rotatable bonds is 2. The highest BCUT2D eigenvalue weighted by Gasteiger charge is 2.23. The van der Waals surface area contributed by atoms with Crippen LogP contribution in [0.2, 0.25) is 0 Å². The van der Waals surface area contributed by atoms with Gasteiger partial charge < -0.3 is 20.7 Å². The van der Waals surface area contributed by atoms with Gasteiger partial charge >= 0.3 is 11.8 Å². The van der Waals surface area contributed by atoms with E-state index in [2.05, 4.69) is 15.6 Å². The van der Waals surface area contributed by atoms with E-state index in [-0.39, 0.29) is 12.1 Å². The summed E-state index contributed by atoms with van der Waals surface area (Å²) in [6.07, 6.45) is 4.27. The molecule has 1 fully saturated rings. The molecule has 4 N–H and O–H groups in total. The Labute approximate surface area is 127 Å². The molecule has 6 nitrogen and oxygen atoms in total. The summed E-state index contributed by atoms with van der Waals surface area (Å²) in [6, 6.07) is 7.28. The highest BCUT2D eigenvalue weighted by atomic mass is 16.3. The van der Waals surface area contributed by atoms with Gasteiger partial charge in [-0.15, -0.1) is 0 Å². The summed E-state index contributed by atoms with van der Waals surface area (Å²) >= 11 is 0. The van der Waals surface area contributed by atoms with Crippen LogP contribution in [-0.2, 0) is 9.59 Å². The average molecular weight is 301 g/mol. The van der Waals surface area contributed by atoms with Crippen molar-refractivity contribution in [3.05, 3.63) is 30.5 Å². The Balaban J connectivity index is 1.57. The molecule has 0 aliphatic heterocycles. The van der Waals surface area contributed by atoms with Crippen LogP contribution in [0.25, 0.3) is 10.9 Å². The van der Waals surface area contributed by atoms with Crippen LogP contribution in [-0.4, -0.2) is 34.1 Å². The number of carbonyl (C=O) groups excluding carboxylic acids is 2. The average Bonchev–Trinajstić information content (AvgIpc) is 2.97. The molecule has 2 aromatic rings. The lowest BCUT2D eigenvalue weighted by molar-refractivity contribution is -0.136. The maximum Gasteiger partial charge on any atom is 0.313 e. The second-order valence-corrected chi connectivity index (χ2v) is 5.71. The van der Waals surface area contributed by atoms with Crippen molar-refractivity contribution < 1.29 is 14.7 Å². The first-order chi connectivity index (χ1) is 10.6. The largest absolute Gasteiger partial charge is 0.393 e. The first-order valence-electron chi connectivity index (χ1n) is 7.49. The van der Waals surface area contributed by atoms with Crippen molar-refractivity contribution in [1.29, 1.82) is 0 Å². The molecule has 0 radical (unpaired) electrons. The van der Waals surface area contributed by atoms with Gasteiger partial charge in [0.2, 0.25) is 0 Å². The van der Waals surface area contributed by atoms with Gasteiger partial charge in [-0.05, 0) is 49.9 Å². The zero-order chi connectivity index (χ0) is 15.5. The Morgan fingerprint density at radius 1 is 1.09 bits per heavy atom. The maximum atomic E-state index is 11.9. The van der Waals surface area contributed by atoms with E-state index in [4.69, 9.17) is 0 Å². The molecule has 2 amide bonds. The normalized spacial score (nSPS) is 21.5. The van der Waals surface area contributed by atoms with Crippen molar-refractivity contribution in [1.82, 2.24) is 10.3 Å². The van der Waals surface area contributed by atoms with Gasteiger partial charge in [0.1, 0.15) is 0 Å². The van der Waals surface area contributed by atoms with Gasteiger partial charge in [0.15, 0.2) is 0 Å². The number of aliphatic hydroxyl groups is 1. The summed E-state index contributed by atoms with van der Waals surface area (Å²) < 4.78 is 0. The predicted molar refractivity (Wildman–Crippen MR) is 83.3 cm³/mol. The second kappa shape index (κ2) is 6.19. The monoisotopic (exact) mass is 301 g/mol. The minimum atomic E-state index is -0.666. The predicted octanol–water partition coefficient (Wildman–Crippen LogP) is 1.53. The summed E-state index contributed by atoms with van der Waals surface area (Å²) in [6.45, 7) is 0. The lowest BCUT2D eigenvalue weighted by Gasteiger charge is -2.25. The summed E-state index contributed by atoms with van der Waals surface area (Å²) in [5, 5.41) is 15.7. The van der Waals surface area contributed by atoms with Crippen LogP contribution in [0.4, 0.5) is 5.69 Å². The van der Waals surface area contributed by atoms with E-state index < -0.39 is 11.8 Å². The Kier molecular flexibility index (Phi) is 4.11. The van der Waals surface area contributed by atoms with Crippen LogP contribution < -0.4 is 10.6 Å². The molecule has 0 atom stereocenters. The van der Waals surface area contributed by atoms with Gasteiger partial charge in [0, 0.05) is 28.8 Å². The van der Waals surface area contributed by atoms with Crippen LogP contribution in [0.1, 0.15) is 25.7 Å². The van der Waals surface area contributed by atoms with E-state index in [9.17, 15) is 14.7 Å². The van der Waals surface area contributed by atoms with Crippen molar-refractivity contribution in [2.24, 2.45) is 0 Å². The lowest BCUT2D eigenvalue weighted by Crippen LogP contribution is -2.43. The number of carbonyl (C=O) groups is 2. The third-order valence-electron chi connectivity index (χ3n) is 4.05. The fraction of sp³-hybridized carbons (Fsp3) is 0.375. The van der Waals surface area contributed by atoms with Gasteiger partial charge in [0.25, 0.3) is 0 Å². The molecule has 0 bridgehead atoms. The summed E-state index contributed by atoms with van der Waals surface area (Å²) in [7, 11) is 0. The zero-order valence-corrected chi connectivity index (χ0v) is 12.1. The standard InChI is InChI=1S/C16H19N3O3/c20-13-4-1-11(2-5-13)18-15(21)16(22)19-12-3-6-14-10(9-12)7-8-17-14/h3,6-9,11,13,17,20H,1-2,4-5H2,(H,18,21)(H,19,22). The van der Waals surface area contributed by atoms with Crippen molar-refractivity contribution in [2.45, 2.75) is 37.8 Å². The summed E-state index contributed by atoms with van der Waals surface area (Å²) in [4.78, 5) is 26.9. The van der Waals surface area contributed by atoms with E-state index >= 15 is 0 Å². The minimum absolute atomic E-state index is 0.0335. The molecule has 116 valence electrons. The number of fused-ring (bicyclic) bond motifs is 1. The zero-order valence-electron chi connectivity index (χ0n) is 12.1. The smallest absolute Gasteiger partial charge is 0.313 e. The molecule has 0 unspecified atom stereocenters. The summed E-state index contributed by atoms with van der Waals surface area (Å²) in [5.74, 6) is -1.29. The molecule has 0 saturated heterocycles. The molecule has 22 heavy (non-hydrogen) atoms. The number of hydrogen-bond donors (Lipinski definition) is 4. The Morgan fingerprint density at radius 3 is 2.64 bits per heavy atom. The number of aromatic nitrogens is 1. The molecule has 1 saturated carbocycles. The van der Waals surface area contributed by atoms with Crippen LogP contribution in [0.5, 0.6) is 0 Å². The van der Waals surface area contributed by atoms with Crippen LogP contribution >= 0.6 is 0 Å². The van der Waals surface area contributed by atoms with E-state index in [1.165, 1.54) is 0 Å². The lowest BCUT2D eigenvalue weighted by atomic mass is 9.93. The first-order valence-corrected chi connectivity index (χ1v) is 7.49. The third-order valence-corrected chi connectivity index (χ3v) is 4.05. The molecule has 1 aromatic heterocycles. The van der Waals surface area contributed by atoms with Gasteiger partial charge in [-0.25, -0.2) is 0 Å². The minimum Gasteiger partial charge on any atom is -0.393 e. The van der Waals surface area contributed by atoms with E-state index in [0.717, 1.165) is 10.9 Å². The number of hydrogen-bond acceptors (Lipinski definition) is 3. The molecule has 3 rings (SSSR count). The number of aromatic amines is 1. The van der Waals surface area contributed by atoms with Crippen molar-refractivity contribution in [3.8, 4) is 0 Å². The number of aliphatic hydroxyl groups excluding tert-OH is 1. The first kappa shape index (κ1) is 14.6. The Hall–Kier alpha value is -2.34. The molecule has 0 spiro atoms. The molecular weight excluding hydrogens is 282 g/mol. The van der Waals surface area contributed by atoms with Crippen molar-refractivity contribution in [3.63, 3.8) is 0 Å². The maximum absolute atomic E-state index is 11.9. The molecule has 1 aliphatic rings. The molecule has 1 aromatic carbocycles. The highest BCUT2D eigenvalue weighted by Crippen LogP contribution is 2.19. The number of nitrogens with one attached hydrogen (secondary N) is 3. The quantitative estimate of drug-likeness (QED) is 0.634. The fourth-order valence-electron chi connectivity index (χ4n) is 2.79. The molecule has 6 heteroatoms. The number of benzene rings is 1. The van der Waals surface area contributed by atoms with Gasteiger partial charge in [-0.1, -0.05) is 0 Å². The fourth-order valence-corrected chi connectivity index (χ4v) is 2.79. The van der Waals surface area contributed by atoms with Crippen LogP contribution in [0.3, 0.4) is 0 Å². The number of anilines is 1. The van der Waals surface area contributed by atoms with E-state index in [1.807, 2.05) is 24.4 Å². The third kappa shape index (κ3) is 3.28. The van der Waals surface area contributed by atoms with Crippen molar-refractivity contribution in [2.75, 3.05) is 5.32 Å². The van der Waals surface area contributed by atoms with Crippen molar-refractivity contribution >= 4 is 28.4 Å². The molecular formula is C16H19N3O3. The molecule has 1 aliphatic carbocycles.